The zero-order valence-corrected chi connectivity index (χ0v) is 9.38. The molecular weight excluding hydrogens is 205 g/mol. The second kappa shape index (κ2) is 4.08. The molecule has 1 aliphatic rings. The van der Waals surface area contributed by atoms with E-state index in [9.17, 15) is 9.18 Å². The van der Waals surface area contributed by atoms with Crippen molar-refractivity contribution in [2.45, 2.75) is 19.3 Å². The molecule has 2 nitrogen and oxygen atoms in total. The Morgan fingerprint density at radius 3 is 3.00 bits per heavy atom. The van der Waals surface area contributed by atoms with Crippen LogP contribution in [0.3, 0.4) is 0 Å². The second-order valence-electron chi connectivity index (χ2n) is 4.12. The summed E-state index contributed by atoms with van der Waals surface area (Å²) in [4.78, 5) is 11.3. The van der Waals surface area contributed by atoms with E-state index in [1.807, 2.05) is 0 Å². The monoisotopic (exact) mass is 219 g/mol. The van der Waals surface area contributed by atoms with Gasteiger partial charge in [0.05, 0.1) is 0 Å². The molecule has 1 atom stereocenters. The van der Waals surface area contributed by atoms with Gasteiger partial charge in [-0.3, -0.25) is 4.79 Å². The first-order valence-corrected chi connectivity index (χ1v) is 5.34. The van der Waals surface area contributed by atoms with Gasteiger partial charge in [-0.1, -0.05) is 13.0 Å². The van der Waals surface area contributed by atoms with Gasteiger partial charge in [0.15, 0.2) is 0 Å². The lowest BCUT2D eigenvalue weighted by Crippen LogP contribution is -2.14. The van der Waals surface area contributed by atoms with Crippen molar-refractivity contribution in [3.63, 3.8) is 0 Å². The van der Waals surface area contributed by atoms with Crippen LogP contribution in [-0.4, -0.2) is 13.0 Å². The van der Waals surface area contributed by atoms with Crippen molar-refractivity contribution in [3.8, 4) is 0 Å². The minimum Gasteiger partial charge on any atom is -0.356 e. The lowest BCUT2D eigenvalue weighted by molar-refractivity contribution is -0.116. The summed E-state index contributed by atoms with van der Waals surface area (Å²) >= 11 is 0. The standard InChI is InChI=1S/C13H14FNO/c1-8-5-9(6-13(16)15-2)12-7-10(14)3-4-11(8)12/h3-4,6-8H,5H2,1-2H3,(H,15,16)/b9-6-. The maximum Gasteiger partial charge on any atom is 0.244 e. The molecule has 1 unspecified atom stereocenters. The van der Waals surface area contributed by atoms with E-state index in [-0.39, 0.29) is 11.7 Å². The average Bonchev–Trinajstić information content (AvgIpc) is 2.55. The van der Waals surface area contributed by atoms with Crippen LogP contribution < -0.4 is 5.32 Å². The predicted molar refractivity (Wildman–Crippen MR) is 61.5 cm³/mol. The highest BCUT2D eigenvalue weighted by atomic mass is 19.1. The Morgan fingerprint density at radius 2 is 2.31 bits per heavy atom. The van der Waals surface area contributed by atoms with E-state index in [2.05, 4.69) is 12.2 Å². The van der Waals surface area contributed by atoms with Crippen LogP contribution >= 0.6 is 0 Å². The van der Waals surface area contributed by atoms with Gasteiger partial charge >= 0.3 is 0 Å². The fraction of sp³-hybridized carbons (Fsp3) is 0.308. The van der Waals surface area contributed by atoms with E-state index >= 15 is 0 Å². The first kappa shape index (κ1) is 10.9. The lowest BCUT2D eigenvalue weighted by atomic mass is 10.0. The van der Waals surface area contributed by atoms with Crippen molar-refractivity contribution in [2.75, 3.05) is 7.05 Å². The fourth-order valence-corrected chi connectivity index (χ4v) is 2.15. The van der Waals surface area contributed by atoms with Crippen LogP contribution in [0, 0.1) is 5.82 Å². The molecule has 1 aromatic carbocycles. The summed E-state index contributed by atoms with van der Waals surface area (Å²) in [6.07, 6.45) is 2.36. The van der Waals surface area contributed by atoms with Crippen molar-refractivity contribution in [1.29, 1.82) is 0 Å². The number of hydrogen-bond donors (Lipinski definition) is 1. The molecule has 0 aromatic heterocycles. The number of benzene rings is 1. The molecule has 1 amide bonds. The number of amides is 1. The summed E-state index contributed by atoms with van der Waals surface area (Å²) in [5, 5.41) is 2.54. The molecule has 0 heterocycles. The molecule has 1 aliphatic carbocycles. The maximum atomic E-state index is 13.2. The Labute approximate surface area is 94.2 Å². The predicted octanol–water partition coefficient (Wildman–Crippen LogP) is 2.46. The topological polar surface area (TPSA) is 29.1 Å². The quantitative estimate of drug-likeness (QED) is 0.722. The van der Waals surface area contributed by atoms with Crippen molar-refractivity contribution < 1.29 is 9.18 Å². The summed E-state index contributed by atoms with van der Waals surface area (Å²) in [6.45, 7) is 2.08. The van der Waals surface area contributed by atoms with Crippen LogP contribution in [0.5, 0.6) is 0 Å². The molecule has 0 aliphatic heterocycles. The minimum absolute atomic E-state index is 0.140. The molecule has 0 fully saturated rings. The minimum atomic E-state index is -0.254. The number of nitrogens with one attached hydrogen (secondary N) is 1. The summed E-state index contributed by atoms with van der Waals surface area (Å²) in [7, 11) is 1.59. The Bertz CT molecular complexity index is 465. The number of carbonyl (C=O) groups is 1. The first-order chi connectivity index (χ1) is 7.61. The molecule has 0 spiro atoms. The molecule has 84 valence electrons. The average molecular weight is 219 g/mol. The van der Waals surface area contributed by atoms with E-state index in [0.717, 1.165) is 23.1 Å². The Kier molecular flexibility index (Phi) is 2.77. The SMILES string of the molecule is CNC(=O)/C=C1/CC(C)c2ccc(F)cc21. The molecular formula is C13H14FNO. The van der Waals surface area contributed by atoms with Crippen LogP contribution in [0.15, 0.2) is 24.3 Å². The van der Waals surface area contributed by atoms with Crippen LogP contribution in [0.25, 0.3) is 5.57 Å². The normalized spacial score (nSPS) is 20.9. The van der Waals surface area contributed by atoms with E-state index in [4.69, 9.17) is 0 Å². The van der Waals surface area contributed by atoms with Crippen molar-refractivity contribution in [2.24, 2.45) is 0 Å². The molecule has 0 radical (unpaired) electrons. The maximum absolute atomic E-state index is 13.2. The highest BCUT2D eigenvalue weighted by Crippen LogP contribution is 2.40. The third-order valence-corrected chi connectivity index (χ3v) is 2.97. The number of fused-ring (bicyclic) bond motifs is 1. The highest BCUT2D eigenvalue weighted by molar-refractivity contribution is 5.96. The van der Waals surface area contributed by atoms with E-state index in [0.29, 0.717) is 5.92 Å². The number of likely N-dealkylation sites (N-methyl/N-ethyl adjacent to an activating group) is 1. The van der Waals surface area contributed by atoms with E-state index in [1.54, 1.807) is 19.2 Å². The van der Waals surface area contributed by atoms with Crippen molar-refractivity contribution in [3.05, 3.63) is 41.2 Å². The van der Waals surface area contributed by atoms with Gasteiger partial charge < -0.3 is 5.32 Å². The van der Waals surface area contributed by atoms with E-state index < -0.39 is 0 Å². The van der Waals surface area contributed by atoms with Crippen LogP contribution in [0.1, 0.15) is 30.4 Å². The number of halogens is 1. The smallest absolute Gasteiger partial charge is 0.244 e. The lowest BCUT2D eigenvalue weighted by Gasteiger charge is -2.02. The third kappa shape index (κ3) is 1.85. The molecule has 0 bridgehead atoms. The fourth-order valence-electron chi connectivity index (χ4n) is 2.15. The zero-order valence-electron chi connectivity index (χ0n) is 9.38. The Morgan fingerprint density at radius 1 is 1.56 bits per heavy atom. The van der Waals surface area contributed by atoms with Crippen molar-refractivity contribution >= 4 is 11.5 Å². The van der Waals surface area contributed by atoms with Crippen LogP contribution in [-0.2, 0) is 4.79 Å². The third-order valence-electron chi connectivity index (χ3n) is 2.97. The van der Waals surface area contributed by atoms with Gasteiger partial charge in [0.25, 0.3) is 0 Å². The molecule has 3 heteroatoms. The van der Waals surface area contributed by atoms with Crippen LogP contribution in [0.4, 0.5) is 4.39 Å². The Hall–Kier alpha value is -1.64. The number of hydrogen-bond acceptors (Lipinski definition) is 1. The van der Waals surface area contributed by atoms with Gasteiger partial charge in [-0.15, -0.1) is 0 Å². The molecule has 1 aromatic rings. The summed E-state index contributed by atoms with van der Waals surface area (Å²) in [6, 6.07) is 4.78. The number of allylic oxidation sites excluding steroid dienone is 1. The second-order valence-corrected chi connectivity index (χ2v) is 4.12. The zero-order chi connectivity index (χ0) is 11.7. The van der Waals surface area contributed by atoms with Crippen molar-refractivity contribution in [1.82, 2.24) is 5.32 Å². The Balaban J connectivity index is 2.45. The van der Waals surface area contributed by atoms with Gasteiger partial charge in [0, 0.05) is 13.1 Å². The van der Waals surface area contributed by atoms with Gasteiger partial charge in [0.1, 0.15) is 5.82 Å². The molecule has 1 N–H and O–H groups in total. The van der Waals surface area contributed by atoms with Crippen LogP contribution in [0.2, 0.25) is 0 Å². The summed E-state index contributed by atoms with van der Waals surface area (Å²) < 4.78 is 13.2. The first-order valence-electron chi connectivity index (χ1n) is 5.34. The molecule has 16 heavy (non-hydrogen) atoms. The van der Waals surface area contributed by atoms with Gasteiger partial charge in [-0.05, 0) is 41.2 Å². The largest absolute Gasteiger partial charge is 0.356 e. The van der Waals surface area contributed by atoms with Gasteiger partial charge in [-0.2, -0.15) is 0 Å². The van der Waals surface area contributed by atoms with Gasteiger partial charge in [0.2, 0.25) is 5.91 Å². The summed E-state index contributed by atoms with van der Waals surface area (Å²) in [5.74, 6) is -0.0403. The molecule has 2 rings (SSSR count). The summed E-state index contributed by atoms with van der Waals surface area (Å²) in [5.41, 5.74) is 2.91. The number of carbonyl (C=O) groups excluding carboxylic acids is 1. The van der Waals surface area contributed by atoms with Gasteiger partial charge in [-0.25, -0.2) is 4.39 Å². The molecule has 0 saturated heterocycles. The molecule has 0 saturated carbocycles. The highest BCUT2D eigenvalue weighted by Gasteiger charge is 2.23. The van der Waals surface area contributed by atoms with E-state index in [1.165, 1.54) is 12.1 Å². The number of rotatable bonds is 1.